The molecule has 2 unspecified atom stereocenters. The number of carbonyl (C=O) groups excluding carboxylic acids is 2. The van der Waals surface area contributed by atoms with E-state index in [1.807, 2.05) is 18.7 Å². The first kappa shape index (κ1) is 18.8. The summed E-state index contributed by atoms with van der Waals surface area (Å²) in [5.41, 5.74) is 1.17. The highest BCUT2D eigenvalue weighted by Gasteiger charge is 2.23. The summed E-state index contributed by atoms with van der Waals surface area (Å²) in [6, 6.07) is 7.14. The zero-order chi connectivity index (χ0) is 17.4. The van der Waals surface area contributed by atoms with E-state index in [1.54, 1.807) is 24.3 Å². The lowest BCUT2D eigenvalue weighted by molar-refractivity contribution is -0.124. The molecule has 0 aliphatic carbocycles. The summed E-state index contributed by atoms with van der Waals surface area (Å²) in [6.45, 7) is 4.77. The van der Waals surface area contributed by atoms with Crippen LogP contribution < -0.4 is 10.6 Å². The van der Waals surface area contributed by atoms with Gasteiger partial charge >= 0.3 is 0 Å². The molecule has 1 heterocycles. The predicted molar refractivity (Wildman–Crippen MR) is 98.6 cm³/mol. The summed E-state index contributed by atoms with van der Waals surface area (Å²) in [4.78, 5) is 24.4. The van der Waals surface area contributed by atoms with E-state index in [4.69, 9.17) is 4.74 Å². The normalized spacial score (nSPS) is 18.2. The van der Waals surface area contributed by atoms with Crippen LogP contribution in [-0.2, 0) is 9.53 Å². The van der Waals surface area contributed by atoms with Gasteiger partial charge in [-0.3, -0.25) is 9.59 Å². The Labute approximate surface area is 147 Å². The van der Waals surface area contributed by atoms with Gasteiger partial charge in [0.25, 0.3) is 11.8 Å². The Balaban J connectivity index is 1.88. The third kappa shape index (κ3) is 5.83. The summed E-state index contributed by atoms with van der Waals surface area (Å²) in [6.07, 6.45) is 2.23. The van der Waals surface area contributed by atoms with Crippen molar-refractivity contribution in [3.05, 3.63) is 29.8 Å². The van der Waals surface area contributed by atoms with E-state index in [0.29, 0.717) is 17.9 Å². The Bertz CT molecular complexity index is 559. The lowest BCUT2D eigenvalue weighted by Gasteiger charge is -2.14. The molecule has 2 rings (SSSR count). The van der Waals surface area contributed by atoms with Gasteiger partial charge in [0, 0.05) is 23.9 Å². The maximum Gasteiger partial charge on any atom is 0.253 e. The van der Waals surface area contributed by atoms with E-state index in [0.717, 1.165) is 30.8 Å². The molecule has 1 aliphatic rings. The molecule has 2 N–H and O–H groups in total. The minimum absolute atomic E-state index is 0.114. The first-order valence-corrected chi connectivity index (χ1v) is 9.66. The van der Waals surface area contributed by atoms with Crippen LogP contribution in [0.15, 0.2) is 24.3 Å². The molecule has 1 saturated heterocycles. The second kappa shape index (κ2) is 9.69. The van der Waals surface area contributed by atoms with E-state index in [1.165, 1.54) is 0 Å². The van der Waals surface area contributed by atoms with Gasteiger partial charge in [0.2, 0.25) is 0 Å². The van der Waals surface area contributed by atoms with E-state index < -0.39 is 0 Å². The quantitative estimate of drug-likeness (QED) is 0.707. The Hall–Kier alpha value is -1.53. The molecule has 2 atom stereocenters. The second-order valence-corrected chi connectivity index (χ2v) is 7.33. The number of carbonyl (C=O) groups is 2. The molecule has 1 aliphatic heterocycles. The van der Waals surface area contributed by atoms with Crippen LogP contribution in [0.1, 0.15) is 43.5 Å². The monoisotopic (exact) mass is 350 g/mol. The molecule has 0 spiro atoms. The first-order chi connectivity index (χ1) is 11.6. The zero-order valence-corrected chi connectivity index (χ0v) is 15.2. The van der Waals surface area contributed by atoms with Crippen molar-refractivity contribution in [2.75, 3.05) is 23.4 Å². The molecule has 5 nitrogen and oxygen atoms in total. The van der Waals surface area contributed by atoms with Crippen molar-refractivity contribution >= 4 is 29.3 Å². The average Bonchev–Trinajstić information content (AvgIpc) is 3.10. The summed E-state index contributed by atoms with van der Waals surface area (Å²) in [5.74, 6) is 1.87. The van der Waals surface area contributed by atoms with Crippen molar-refractivity contribution in [3.63, 3.8) is 0 Å². The fourth-order valence-corrected chi connectivity index (χ4v) is 3.34. The maximum atomic E-state index is 12.3. The predicted octanol–water partition coefficient (Wildman–Crippen LogP) is 3.07. The molecule has 0 saturated carbocycles. The molecule has 0 aromatic heterocycles. The van der Waals surface area contributed by atoms with Gasteiger partial charge in [-0.05, 0) is 55.9 Å². The van der Waals surface area contributed by atoms with Gasteiger partial charge in [0.1, 0.15) is 6.10 Å². The van der Waals surface area contributed by atoms with Crippen LogP contribution in [0.3, 0.4) is 0 Å². The highest BCUT2D eigenvalue weighted by molar-refractivity contribution is 7.99. The van der Waals surface area contributed by atoms with Crippen LogP contribution >= 0.6 is 11.8 Å². The summed E-state index contributed by atoms with van der Waals surface area (Å²) < 4.78 is 5.37. The van der Waals surface area contributed by atoms with Gasteiger partial charge in [-0.1, -0.05) is 13.0 Å². The number of benzene rings is 1. The van der Waals surface area contributed by atoms with Crippen molar-refractivity contribution < 1.29 is 14.3 Å². The Morgan fingerprint density at radius 1 is 1.42 bits per heavy atom. The molecule has 0 bridgehead atoms. The standard InChI is InChI=1S/C18H26N2O3S/c1-3-24-11-9-13(2)19-17(21)14-6-4-7-15(12-14)20-18(22)16-8-5-10-23-16/h4,6-7,12-13,16H,3,5,8-11H2,1-2H3,(H,19,21)(H,20,22). The third-order valence-corrected chi connectivity index (χ3v) is 4.82. The van der Waals surface area contributed by atoms with Gasteiger partial charge < -0.3 is 15.4 Å². The molecule has 1 fully saturated rings. The van der Waals surface area contributed by atoms with Crippen molar-refractivity contribution in [2.24, 2.45) is 0 Å². The van der Waals surface area contributed by atoms with Crippen LogP contribution in [-0.4, -0.2) is 42.1 Å². The van der Waals surface area contributed by atoms with E-state index in [9.17, 15) is 9.59 Å². The first-order valence-electron chi connectivity index (χ1n) is 8.51. The molecule has 6 heteroatoms. The van der Waals surface area contributed by atoms with Crippen LogP contribution in [0.5, 0.6) is 0 Å². The number of thioether (sulfide) groups is 1. The Morgan fingerprint density at radius 2 is 2.25 bits per heavy atom. The van der Waals surface area contributed by atoms with Crippen molar-refractivity contribution in [3.8, 4) is 0 Å². The number of anilines is 1. The average molecular weight is 350 g/mol. The van der Waals surface area contributed by atoms with Crippen LogP contribution in [0.2, 0.25) is 0 Å². The Morgan fingerprint density at radius 3 is 2.96 bits per heavy atom. The summed E-state index contributed by atoms with van der Waals surface area (Å²) in [7, 11) is 0. The van der Waals surface area contributed by atoms with Gasteiger partial charge in [-0.2, -0.15) is 11.8 Å². The number of hydrogen-bond acceptors (Lipinski definition) is 4. The largest absolute Gasteiger partial charge is 0.368 e. The van der Waals surface area contributed by atoms with E-state index in [-0.39, 0.29) is 24.0 Å². The maximum absolute atomic E-state index is 12.3. The molecule has 132 valence electrons. The summed E-state index contributed by atoms with van der Waals surface area (Å²) in [5, 5.41) is 5.83. The fourth-order valence-electron chi connectivity index (χ4n) is 2.53. The van der Waals surface area contributed by atoms with Crippen LogP contribution in [0.4, 0.5) is 5.69 Å². The van der Waals surface area contributed by atoms with Gasteiger partial charge in [-0.25, -0.2) is 0 Å². The van der Waals surface area contributed by atoms with Crippen molar-refractivity contribution in [2.45, 2.75) is 45.3 Å². The smallest absolute Gasteiger partial charge is 0.253 e. The molecule has 1 aromatic rings. The molecule has 24 heavy (non-hydrogen) atoms. The molecule has 2 amide bonds. The van der Waals surface area contributed by atoms with E-state index >= 15 is 0 Å². The van der Waals surface area contributed by atoms with Crippen molar-refractivity contribution in [1.29, 1.82) is 0 Å². The highest BCUT2D eigenvalue weighted by atomic mass is 32.2. The lowest BCUT2D eigenvalue weighted by Crippen LogP contribution is -2.33. The summed E-state index contributed by atoms with van der Waals surface area (Å²) >= 11 is 1.87. The van der Waals surface area contributed by atoms with Gasteiger partial charge in [-0.15, -0.1) is 0 Å². The zero-order valence-electron chi connectivity index (χ0n) is 14.3. The van der Waals surface area contributed by atoms with Crippen LogP contribution in [0.25, 0.3) is 0 Å². The molecule has 1 aromatic carbocycles. The number of ether oxygens (including phenoxy) is 1. The van der Waals surface area contributed by atoms with Gasteiger partial charge in [0.05, 0.1) is 0 Å². The van der Waals surface area contributed by atoms with Gasteiger partial charge in [0.15, 0.2) is 0 Å². The van der Waals surface area contributed by atoms with Crippen LogP contribution in [0, 0.1) is 0 Å². The topological polar surface area (TPSA) is 67.4 Å². The lowest BCUT2D eigenvalue weighted by atomic mass is 10.1. The third-order valence-electron chi connectivity index (χ3n) is 3.89. The molecular weight excluding hydrogens is 324 g/mol. The molecular formula is C18H26N2O3S. The van der Waals surface area contributed by atoms with E-state index in [2.05, 4.69) is 17.6 Å². The number of nitrogens with one attached hydrogen (secondary N) is 2. The van der Waals surface area contributed by atoms with Crippen molar-refractivity contribution in [1.82, 2.24) is 5.32 Å². The fraction of sp³-hybridized carbons (Fsp3) is 0.556. The number of rotatable bonds is 8. The minimum atomic E-state index is -0.376. The number of amides is 2. The SMILES string of the molecule is CCSCCC(C)NC(=O)c1cccc(NC(=O)C2CCCO2)c1. The number of hydrogen-bond donors (Lipinski definition) is 2. The second-order valence-electron chi connectivity index (χ2n) is 5.93. The highest BCUT2D eigenvalue weighted by Crippen LogP contribution is 2.16. The molecule has 0 radical (unpaired) electrons. The Kier molecular flexibility index (Phi) is 7.59. The minimum Gasteiger partial charge on any atom is -0.368 e.